The second-order valence-corrected chi connectivity index (χ2v) is 11.4. The molecule has 2 heterocycles. The molecule has 1 N–H and O–H groups in total. The van der Waals surface area contributed by atoms with Crippen LogP contribution in [0.25, 0.3) is 0 Å². The van der Waals surface area contributed by atoms with Crippen molar-refractivity contribution >= 4 is 22.0 Å². The summed E-state index contributed by atoms with van der Waals surface area (Å²) in [5, 5.41) is 2.94. The summed E-state index contributed by atoms with van der Waals surface area (Å²) >= 11 is 0. The third kappa shape index (κ3) is 5.71. The molecule has 1 fully saturated rings. The Kier molecular flexibility index (Phi) is 8.01. The van der Waals surface area contributed by atoms with Crippen molar-refractivity contribution in [2.45, 2.75) is 31.7 Å². The number of hydrogen-bond donors (Lipinski definition) is 1. The van der Waals surface area contributed by atoms with Crippen LogP contribution in [0.3, 0.4) is 0 Å². The topological polar surface area (TPSA) is 99.3 Å². The third-order valence-corrected chi connectivity index (χ3v) is 8.72. The first-order chi connectivity index (χ1) is 17.6. The third-order valence-electron chi connectivity index (χ3n) is 6.81. The van der Waals surface area contributed by atoms with Crippen LogP contribution in [0.4, 0.5) is 4.79 Å². The smallest absolute Gasteiger partial charge is 0.338 e. The minimum atomic E-state index is -3.59. The van der Waals surface area contributed by atoms with Crippen LogP contribution < -0.4 is 5.32 Å². The molecule has 9 nitrogen and oxygen atoms in total. The molecule has 0 spiro atoms. The van der Waals surface area contributed by atoms with E-state index in [1.807, 2.05) is 38.1 Å². The van der Waals surface area contributed by atoms with Crippen molar-refractivity contribution in [1.29, 1.82) is 0 Å². The van der Waals surface area contributed by atoms with E-state index < -0.39 is 22.0 Å². The molecule has 4 rings (SSSR count). The molecule has 0 aliphatic carbocycles. The van der Waals surface area contributed by atoms with E-state index >= 15 is 0 Å². The number of esters is 1. The van der Waals surface area contributed by atoms with Crippen LogP contribution in [0, 0.1) is 13.8 Å². The number of rotatable bonds is 7. The zero-order valence-corrected chi connectivity index (χ0v) is 22.5. The van der Waals surface area contributed by atoms with E-state index in [4.69, 9.17) is 4.74 Å². The van der Waals surface area contributed by atoms with Crippen LogP contribution in [0.15, 0.2) is 64.7 Å². The molecule has 2 amide bonds. The number of nitrogens with one attached hydrogen (secondary N) is 1. The molecule has 2 aliphatic heterocycles. The standard InChI is InChI=1S/C27H34N4O5S/c1-5-36-26(32)24-23(29(4)27(33)28-25(24)21-8-6-7-20(3)17-21)18-30-13-15-31(16-14-30)37(34,35)22-11-9-19(2)10-12-22/h6-12,17,25H,5,13-16,18H2,1-4H3,(H,28,33)/t25-/m1/s1. The van der Waals surface area contributed by atoms with Gasteiger partial charge in [0.25, 0.3) is 0 Å². The lowest BCUT2D eigenvalue weighted by atomic mass is 9.93. The highest BCUT2D eigenvalue weighted by Crippen LogP contribution is 2.32. The number of sulfonamides is 1. The molecule has 198 valence electrons. The van der Waals surface area contributed by atoms with Crippen LogP contribution >= 0.6 is 0 Å². The zero-order valence-electron chi connectivity index (χ0n) is 21.7. The van der Waals surface area contributed by atoms with E-state index in [9.17, 15) is 18.0 Å². The molecule has 1 atom stereocenters. The Balaban J connectivity index is 1.59. The summed E-state index contributed by atoms with van der Waals surface area (Å²) in [6.07, 6.45) is 0. The number of carbonyl (C=O) groups is 2. The highest BCUT2D eigenvalue weighted by molar-refractivity contribution is 7.89. The number of piperazine rings is 1. The zero-order chi connectivity index (χ0) is 26.7. The van der Waals surface area contributed by atoms with Gasteiger partial charge in [0.2, 0.25) is 10.0 Å². The van der Waals surface area contributed by atoms with E-state index in [0.717, 1.165) is 16.7 Å². The predicted octanol–water partition coefficient (Wildman–Crippen LogP) is 2.82. The fraction of sp³-hybridized carbons (Fsp3) is 0.407. The Hall–Kier alpha value is -3.21. The maximum absolute atomic E-state index is 13.2. The van der Waals surface area contributed by atoms with Crippen molar-refractivity contribution in [2.24, 2.45) is 0 Å². The summed E-state index contributed by atoms with van der Waals surface area (Å²) in [4.78, 5) is 29.9. The van der Waals surface area contributed by atoms with Gasteiger partial charge in [-0.05, 0) is 38.5 Å². The second-order valence-electron chi connectivity index (χ2n) is 9.43. The van der Waals surface area contributed by atoms with E-state index in [1.165, 1.54) is 9.21 Å². The number of ether oxygens (including phenoxy) is 1. The number of nitrogens with zero attached hydrogens (tertiary/aromatic N) is 3. The van der Waals surface area contributed by atoms with Crippen molar-refractivity contribution in [3.8, 4) is 0 Å². The molecule has 37 heavy (non-hydrogen) atoms. The fourth-order valence-electron chi connectivity index (χ4n) is 4.70. The molecule has 10 heteroatoms. The molecule has 0 bridgehead atoms. The van der Waals surface area contributed by atoms with E-state index in [0.29, 0.717) is 44.0 Å². The Morgan fingerprint density at radius 2 is 1.70 bits per heavy atom. The van der Waals surface area contributed by atoms with Gasteiger partial charge in [0.05, 0.1) is 23.1 Å². The summed E-state index contributed by atoms with van der Waals surface area (Å²) in [5.41, 5.74) is 3.77. The fourth-order valence-corrected chi connectivity index (χ4v) is 6.12. The first-order valence-corrected chi connectivity index (χ1v) is 13.9. The normalized spacial score (nSPS) is 19.6. The molecule has 0 saturated carbocycles. The minimum absolute atomic E-state index is 0.212. The van der Waals surface area contributed by atoms with Gasteiger partial charge >= 0.3 is 12.0 Å². The Morgan fingerprint density at radius 1 is 1.03 bits per heavy atom. The number of hydrogen-bond acceptors (Lipinski definition) is 6. The molecule has 0 aromatic heterocycles. The van der Waals surface area contributed by atoms with Crippen LogP contribution in [-0.2, 0) is 19.6 Å². The lowest BCUT2D eigenvalue weighted by Gasteiger charge is -2.39. The Bertz CT molecular complexity index is 1300. The largest absolute Gasteiger partial charge is 0.463 e. The second kappa shape index (κ2) is 11.0. The van der Waals surface area contributed by atoms with Gasteiger partial charge in [-0.25, -0.2) is 18.0 Å². The van der Waals surface area contributed by atoms with Gasteiger partial charge in [0, 0.05) is 45.5 Å². The van der Waals surface area contributed by atoms with Gasteiger partial charge in [-0.15, -0.1) is 0 Å². The van der Waals surface area contributed by atoms with Crippen molar-refractivity contribution < 1.29 is 22.7 Å². The highest BCUT2D eigenvalue weighted by atomic mass is 32.2. The van der Waals surface area contributed by atoms with Crippen molar-refractivity contribution in [2.75, 3.05) is 46.4 Å². The van der Waals surface area contributed by atoms with Gasteiger partial charge < -0.3 is 10.1 Å². The van der Waals surface area contributed by atoms with Gasteiger partial charge in [-0.2, -0.15) is 4.31 Å². The van der Waals surface area contributed by atoms with Crippen molar-refractivity contribution in [3.05, 3.63) is 76.5 Å². The maximum Gasteiger partial charge on any atom is 0.338 e. The van der Waals surface area contributed by atoms with E-state index in [-0.39, 0.29) is 17.5 Å². The average Bonchev–Trinajstić information content (AvgIpc) is 2.87. The van der Waals surface area contributed by atoms with Crippen LogP contribution in [0.2, 0.25) is 0 Å². The lowest BCUT2D eigenvalue weighted by Crippen LogP contribution is -2.53. The minimum Gasteiger partial charge on any atom is -0.463 e. The first-order valence-electron chi connectivity index (χ1n) is 12.4. The van der Waals surface area contributed by atoms with Crippen LogP contribution in [0.5, 0.6) is 0 Å². The van der Waals surface area contributed by atoms with Gasteiger partial charge in [0.15, 0.2) is 0 Å². The van der Waals surface area contributed by atoms with Crippen LogP contribution in [-0.4, -0.2) is 80.9 Å². The summed E-state index contributed by atoms with van der Waals surface area (Å²) in [6, 6.07) is 13.6. The van der Waals surface area contributed by atoms with E-state index in [2.05, 4.69) is 10.2 Å². The predicted molar refractivity (Wildman–Crippen MR) is 140 cm³/mol. The molecule has 0 radical (unpaired) electrons. The summed E-state index contributed by atoms with van der Waals surface area (Å²) in [7, 11) is -1.96. The molecule has 2 aliphatic rings. The average molecular weight is 527 g/mol. The molecule has 2 aromatic carbocycles. The first kappa shape index (κ1) is 26.8. The maximum atomic E-state index is 13.2. The lowest BCUT2D eigenvalue weighted by molar-refractivity contribution is -0.139. The Labute approximate surface area is 218 Å². The number of amides is 2. The van der Waals surface area contributed by atoms with Crippen molar-refractivity contribution in [3.63, 3.8) is 0 Å². The number of likely N-dealkylation sites (N-methyl/N-ethyl adjacent to an activating group) is 1. The molecule has 0 unspecified atom stereocenters. The van der Waals surface area contributed by atoms with Crippen molar-refractivity contribution in [1.82, 2.24) is 19.4 Å². The molecular weight excluding hydrogens is 492 g/mol. The molecule has 2 aromatic rings. The summed E-state index contributed by atoms with van der Waals surface area (Å²) < 4.78 is 33.1. The highest BCUT2D eigenvalue weighted by Gasteiger charge is 2.38. The molecular formula is C27H34N4O5S. The monoisotopic (exact) mass is 526 g/mol. The quantitative estimate of drug-likeness (QED) is 0.557. The number of aryl methyl sites for hydroxylation is 2. The summed E-state index contributed by atoms with van der Waals surface area (Å²) in [6.45, 7) is 7.72. The summed E-state index contributed by atoms with van der Waals surface area (Å²) in [5.74, 6) is -0.476. The van der Waals surface area contributed by atoms with E-state index in [1.54, 1.807) is 38.2 Å². The number of carbonyl (C=O) groups excluding carboxylic acids is 2. The van der Waals surface area contributed by atoms with Gasteiger partial charge in [0.1, 0.15) is 0 Å². The SMILES string of the molecule is CCOC(=O)C1=C(CN2CCN(S(=O)(=O)c3ccc(C)cc3)CC2)N(C)C(=O)N[C@@H]1c1cccc(C)c1. The molecule has 1 saturated heterocycles. The van der Waals surface area contributed by atoms with Crippen LogP contribution in [0.1, 0.15) is 29.7 Å². The van der Waals surface area contributed by atoms with Gasteiger partial charge in [-0.3, -0.25) is 9.80 Å². The number of benzene rings is 2. The Morgan fingerprint density at radius 3 is 2.32 bits per heavy atom. The number of urea groups is 1. The van der Waals surface area contributed by atoms with Gasteiger partial charge in [-0.1, -0.05) is 47.5 Å².